The number of rotatable bonds is 8. The van der Waals surface area contributed by atoms with E-state index in [-0.39, 0.29) is 0 Å². The fraction of sp³-hybridized carbons (Fsp3) is 0.750. The van der Waals surface area contributed by atoms with Crippen molar-refractivity contribution in [2.45, 2.75) is 38.4 Å². The Labute approximate surface area is 150 Å². The number of hydrogen-bond donors (Lipinski definition) is 2. The van der Waals surface area contributed by atoms with Gasteiger partial charge in [0.2, 0.25) is 0 Å². The van der Waals surface area contributed by atoms with Crippen LogP contribution in [0.3, 0.4) is 0 Å². The molecule has 0 aromatic carbocycles. The number of aliphatic imine (C=N–C) groups is 1. The van der Waals surface area contributed by atoms with Crippen LogP contribution >= 0.6 is 11.3 Å². The maximum atomic E-state index is 12.6. The van der Waals surface area contributed by atoms with Gasteiger partial charge in [-0.05, 0) is 39.8 Å². The molecule has 0 spiro atoms. The maximum Gasteiger partial charge on any atom is 0.434 e. The van der Waals surface area contributed by atoms with Crippen LogP contribution in [-0.4, -0.2) is 55.6 Å². The lowest BCUT2D eigenvalue weighted by Crippen LogP contribution is -2.40. The van der Waals surface area contributed by atoms with Crippen LogP contribution in [0.25, 0.3) is 0 Å². The van der Waals surface area contributed by atoms with Crippen molar-refractivity contribution >= 4 is 17.3 Å². The highest BCUT2D eigenvalue weighted by molar-refractivity contribution is 7.09. The molecule has 0 amide bonds. The second kappa shape index (κ2) is 8.84. The van der Waals surface area contributed by atoms with Gasteiger partial charge in [0, 0.05) is 30.9 Å². The SMILES string of the molecule is CCNC(=NCC(C1CC1)N(C)C)NCCc1nc(C(F)(F)F)cs1. The molecule has 9 heteroatoms. The van der Waals surface area contributed by atoms with Gasteiger partial charge in [0.05, 0.1) is 11.6 Å². The first kappa shape index (κ1) is 20.0. The van der Waals surface area contributed by atoms with Crippen molar-refractivity contribution in [3.8, 4) is 0 Å². The molecule has 1 aliphatic rings. The normalized spacial score (nSPS) is 17.0. The number of nitrogens with zero attached hydrogens (tertiary/aromatic N) is 3. The standard InChI is InChI=1S/C16H26F3N5S/c1-4-20-15(22-9-12(24(2)3)11-5-6-11)21-8-7-14-23-13(10-25-14)16(17,18)19/h10-12H,4-9H2,1-3H3,(H2,20,21,22). The Bertz CT molecular complexity index is 564. The van der Waals surface area contributed by atoms with Crippen LogP contribution in [0.4, 0.5) is 13.2 Å². The summed E-state index contributed by atoms with van der Waals surface area (Å²) in [6.07, 6.45) is -1.42. The molecule has 0 aliphatic heterocycles. The summed E-state index contributed by atoms with van der Waals surface area (Å²) in [4.78, 5) is 10.5. The minimum absolute atomic E-state index is 0.434. The number of thiazole rings is 1. The van der Waals surface area contributed by atoms with E-state index in [0.717, 1.165) is 29.2 Å². The Kier molecular flexibility index (Phi) is 7.06. The number of hydrogen-bond acceptors (Lipinski definition) is 4. The molecule has 0 bridgehead atoms. The molecule has 0 saturated heterocycles. The molecule has 2 rings (SSSR count). The van der Waals surface area contributed by atoms with Gasteiger partial charge in [0.1, 0.15) is 0 Å². The molecular formula is C16H26F3N5S. The maximum absolute atomic E-state index is 12.6. The molecule has 5 nitrogen and oxygen atoms in total. The number of aromatic nitrogens is 1. The van der Waals surface area contributed by atoms with Crippen LogP contribution in [0.2, 0.25) is 0 Å². The summed E-state index contributed by atoms with van der Waals surface area (Å²) in [5.41, 5.74) is -0.814. The van der Waals surface area contributed by atoms with Gasteiger partial charge in [0.15, 0.2) is 11.7 Å². The van der Waals surface area contributed by atoms with E-state index in [9.17, 15) is 13.2 Å². The zero-order valence-corrected chi connectivity index (χ0v) is 15.7. The molecule has 1 aliphatic carbocycles. The molecule has 1 atom stereocenters. The topological polar surface area (TPSA) is 52.6 Å². The van der Waals surface area contributed by atoms with E-state index in [1.54, 1.807) is 0 Å². The smallest absolute Gasteiger partial charge is 0.357 e. The highest BCUT2D eigenvalue weighted by Crippen LogP contribution is 2.34. The molecule has 1 fully saturated rings. The van der Waals surface area contributed by atoms with Gasteiger partial charge in [-0.2, -0.15) is 13.2 Å². The zero-order chi connectivity index (χ0) is 18.4. The van der Waals surface area contributed by atoms with Crippen LogP contribution in [0.5, 0.6) is 0 Å². The van der Waals surface area contributed by atoms with Crippen LogP contribution in [-0.2, 0) is 12.6 Å². The molecule has 1 aromatic rings. The van der Waals surface area contributed by atoms with E-state index >= 15 is 0 Å². The highest BCUT2D eigenvalue weighted by atomic mass is 32.1. The third-order valence-electron chi connectivity index (χ3n) is 4.08. The van der Waals surface area contributed by atoms with E-state index in [4.69, 9.17) is 0 Å². The molecular weight excluding hydrogens is 351 g/mol. The summed E-state index contributed by atoms with van der Waals surface area (Å²) in [6, 6.07) is 0.434. The van der Waals surface area contributed by atoms with Crippen molar-refractivity contribution < 1.29 is 13.2 Å². The van der Waals surface area contributed by atoms with Crippen molar-refractivity contribution in [2.75, 3.05) is 33.7 Å². The lowest BCUT2D eigenvalue weighted by Gasteiger charge is -2.22. The first-order chi connectivity index (χ1) is 11.8. The van der Waals surface area contributed by atoms with Crippen LogP contribution < -0.4 is 10.6 Å². The summed E-state index contributed by atoms with van der Waals surface area (Å²) >= 11 is 1.04. The van der Waals surface area contributed by atoms with Crippen molar-refractivity contribution in [1.82, 2.24) is 20.5 Å². The van der Waals surface area contributed by atoms with Crippen molar-refractivity contribution in [1.29, 1.82) is 0 Å². The lowest BCUT2D eigenvalue weighted by atomic mass is 10.2. The Balaban J connectivity index is 1.84. The predicted octanol–water partition coefficient (Wildman–Crippen LogP) is 2.60. The van der Waals surface area contributed by atoms with Crippen LogP contribution in [0.15, 0.2) is 10.4 Å². The Hall–Kier alpha value is -1.35. The average Bonchev–Trinajstić information content (AvgIpc) is 3.22. The number of guanidine groups is 1. The summed E-state index contributed by atoms with van der Waals surface area (Å²) < 4.78 is 37.7. The molecule has 1 unspecified atom stereocenters. The second-order valence-corrected chi connectivity index (χ2v) is 7.33. The van der Waals surface area contributed by atoms with Gasteiger partial charge in [-0.3, -0.25) is 4.99 Å². The molecule has 0 radical (unpaired) electrons. The van der Waals surface area contributed by atoms with E-state index in [0.29, 0.717) is 36.5 Å². The van der Waals surface area contributed by atoms with Crippen molar-refractivity contribution in [3.05, 3.63) is 16.1 Å². The van der Waals surface area contributed by atoms with Gasteiger partial charge < -0.3 is 15.5 Å². The van der Waals surface area contributed by atoms with Crippen molar-refractivity contribution in [2.24, 2.45) is 10.9 Å². The summed E-state index contributed by atoms with van der Waals surface area (Å²) in [5, 5.41) is 7.89. The fourth-order valence-corrected chi connectivity index (χ4v) is 3.39. The first-order valence-corrected chi connectivity index (χ1v) is 9.39. The number of alkyl halides is 3. The molecule has 2 N–H and O–H groups in total. The molecule has 1 saturated carbocycles. The quantitative estimate of drug-likeness (QED) is 0.540. The number of halogens is 3. The van der Waals surface area contributed by atoms with Crippen molar-refractivity contribution in [3.63, 3.8) is 0 Å². The van der Waals surface area contributed by atoms with Crippen LogP contribution in [0, 0.1) is 5.92 Å². The zero-order valence-electron chi connectivity index (χ0n) is 14.9. The highest BCUT2D eigenvalue weighted by Gasteiger charge is 2.34. The first-order valence-electron chi connectivity index (χ1n) is 8.51. The minimum Gasteiger partial charge on any atom is -0.357 e. The number of nitrogens with one attached hydrogen (secondary N) is 2. The van der Waals surface area contributed by atoms with Gasteiger partial charge in [-0.1, -0.05) is 0 Å². The Morgan fingerprint density at radius 2 is 2.12 bits per heavy atom. The average molecular weight is 377 g/mol. The minimum atomic E-state index is -4.37. The van der Waals surface area contributed by atoms with Crippen LogP contribution in [0.1, 0.15) is 30.5 Å². The Morgan fingerprint density at radius 1 is 1.40 bits per heavy atom. The van der Waals surface area contributed by atoms with Gasteiger partial charge in [-0.25, -0.2) is 4.98 Å². The lowest BCUT2D eigenvalue weighted by molar-refractivity contribution is -0.140. The molecule has 1 heterocycles. The molecule has 1 aromatic heterocycles. The van der Waals surface area contributed by atoms with Gasteiger partial charge in [0.25, 0.3) is 0 Å². The van der Waals surface area contributed by atoms with E-state index in [1.165, 1.54) is 12.8 Å². The van der Waals surface area contributed by atoms with Gasteiger partial charge >= 0.3 is 6.18 Å². The summed E-state index contributed by atoms with van der Waals surface area (Å²) in [6.45, 7) is 3.92. The second-order valence-electron chi connectivity index (χ2n) is 6.39. The summed E-state index contributed by atoms with van der Waals surface area (Å²) in [5.74, 6) is 1.42. The predicted molar refractivity (Wildman–Crippen MR) is 95.0 cm³/mol. The molecule has 25 heavy (non-hydrogen) atoms. The Morgan fingerprint density at radius 3 is 2.64 bits per heavy atom. The van der Waals surface area contributed by atoms with Gasteiger partial charge in [-0.15, -0.1) is 11.3 Å². The van der Waals surface area contributed by atoms with E-state index < -0.39 is 11.9 Å². The summed E-state index contributed by atoms with van der Waals surface area (Å²) in [7, 11) is 4.14. The third kappa shape index (κ3) is 6.47. The third-order valence-corrected chi connectivity index (χ3v) is 4.99. The largest absolute Gasteiger partial charge is 0.434 e. The monoisotopic (exact) mass is 377 g/mol. The van der Waals surface area contributed by atoms with E-state index in [1.807, 2.05) is 6.92 Å². The molecule has 142 valence electrons. The van der Waals surface area contributed by atoms with E-state index in [2.05, 4.69) is 39.6 Å². The fourth-order valence-electron chi connectivity index (χ4n) is 2.59. The number of likely N-dealkylation sites (N-methyl/N-ethyl adjacent to an activating group) is 1.